The standard InChI is InChI=1S/C22H20N6O/c1-2-4-16(5-3-1)25-21-18-12-23-11-10-19(18)27-22(28-21)26-17-8-6-15(7-9-17)20-13-24-14-29-20/h1-9,13-14,23H,10-12H2,(H2,25,26,27,28). The molecule has 3 heterocycles. The van der Waals surface area contributed by atoms with Crippen molar-refractivity contribution in [3.63, 3.8) is 0 Å². The zero-order valence-corrected chi connectivity index (χ0v) is 15.7. The lowest BCUT2D eigenvalue weighted by Crippen LogP contribution is -2.26. The number of nitrogens with one attached hydrogen (secondary N) is 3. The van der Waals surface area contributed by atoms with E-state index in [4.69, 9.17) is 14.4 Å². The van der Waals surface area contributed by atoms with Crippen LogP contribution in [0.5, 0.6) is 0 Å². The summed E-state index contributed by atoms with van der Waals surface area (Å²) in [5.74, 6) is 2.15. The minimum absolute atomic E-state index is 0.580. The van der Waals surface area contributed by atoms with Gasteiger partial charge in [-0.1, -0.05) is 18.2 Å². The molecule has 7 heteroatoms. The Kier molecular flexibility index (Phi) is 4.63. The molecule has 0 saturated heterocycles. The van der Waals surface area contributed by atoms with Gasteiger partial charge in [0.25, 0.3) is 0 Å². The summed E-state index contributed by atoms with van der Waals surface area (Å²) < 4.78 is 5.34. The molecule has 1 aliphatic heterocycles. The topological polar surface area (TPSA) is 87.9 Å². The van der Waals surface area contributed by atoms with Gasteiger partial charge in [0.1, 0.15) is 5.82 Å². The van der Waals surface area contributed by atoms with Gasteiger partial charge in [-0.2, -0.15) is 4.98 Å². The highest BCUT2D eigenvalue weighted by Crippen LogP contribution is 2.27. The van der Waals surface area contributed by atoms with Gasteiger partial charge in [0.05, 0.1) is 11.9 Å². The number of rotatable bonds is 5. The van der Waals surface area contributed by atoms with Crippen LogP contribution < -0.4 is 16.0 Å². The van der Waals surface area contributed by atoms with Crippen LogP contribution in [-0.2, 0) is 13.0 Å². The molecule has 2 aromatic carbocycles. The summed E-state index contributed by atoms with van der Waals surface area (Å²) in [7, 11) is 0. The molecule has 144 valence electrons. The zero-order chi connectivity index (χ0) is 19.5. The molecule has 0 saturated carbocycles. The number of hydrogen-bond donors (Lipinski definition) is 3. The van der Waals surface area contributed by atoms with E-state index in [0.29, 0.717) is 5.95 Å². The molecule has 0 atom stereocenters. The fourth-order valence-electron chi connectivity index (χ4n) is 3.37. The molecule has 7 nitrogen and oxygen atoms in total. The van der Waals surface area contributed by atoms with E-state index >= 15 is 0 Å². The second-order valence-corrected chi connectivity index (χ2v) is 6.81. The van der Waals surface area contributed by atoms with Gasteiger partial charge in [-0.05, 0) is 36.4 Å². The number of hydrogen-bond acceptors (Lipinski definition) is 7. The number of benzene rings is 2. The molecule has 29 heavy (non-hydrogen) atoms. The van der Waals surface area contributed by atoms with Crippen molar-refractivity contribution < 1.29 is 4.42 Å². The first-order chi connectivity index (χ1) is 14.3. The second kappa shape index (κ2) is 7.73. The molecule has 0 unspecified atom stereocenters. The minimum atomic E-state index is 0.580. The molecule has 0 aliphatic carbocycles. The SMILES string of the molecule is c1ccc(Nc2nc(Nc3ccc(-c4cnco4)cc3)nc3c2CNCC3)cc1. The van der Waals surface area contributed by atoms with Crippen molar-refractivity contribution in [1.29, 1.82) is 0 Å². The van der Waals surface area contributed by atoms with Gasteiger partial charge in [0, 0.05) is 42.0 Å². The number of aromatic nitrogens is 3. The molecule has 5 rings (SSSR count). The molecule has 4 aromatic rings. The van der Waals surface area contributed by atoms with E-state index in [9.17, 15) is 0 Å². The minimum Gasteiger partial charge on any atom is -0.444 e. The van der Waals surface area contributed by atoms with Gasteiger partial charge in [0.15, 0.2) is 12.2 Å². The Bertz CT molecular complexity index is 1090. The number of nitrogens with zero attached hydrogens (tertiary/aromatic N) is 3. The number of fused-ring (bicyclic) bond motifs is 1. The third kappa shape index (κ3) is 3.81. The summed E-state index contributed by atoms with van der Waals surface area (Å²) >= 11 is 0. The van der Waals surface area contributed by atoms with Crippen LogP contribution in [0.1, 0.15) is 11.3 Å². The summed E-state index contributed by atoms with van der Waals surface area (Å²) in [6.07, 6.45) is 4.00. The highest BCUT2D eigenvalue weighted by molar-refractivity contribution is 5.66. The molecule has 2 aromatic heterocycles. The van der Waals surface area contributed by atoms with Crippen LogP contribution in [0.25, 0.3) is 11.3 Å². The average molecular weight is 384 g/mol. The number of oxazole rings is 1. The Hall–Kier alpha value is -3.71. The highest BCUT2D eigenvalue weighted by atomic mass is 16.3. The van der Waals surface area contributed by atoms with E-state index in [-0.39, 0.29) is 0 Å². The largest absolute Gasteiger partial charge is 0.444 e. The third-order valence-corrected chi connectivity index (χ3v) is 4.83. The highest BCUT2D eigenvalue weighted by Gasteiger charge is 2.18. The van der Waals surface area contributed by atoms with Crippen molar-refractivity contribution in [3.05, 3.63) is 78.4 Å². The predicted octanol–water partition coefficient (Wildman–Crippen LogP) is 4.26. The van der Waals surface area contributed by atoms with Crippen molar-refractivity contribution in [2.24, 2.45) is 0 Å². The Labute approximate surface area is 168 Å². The fourth-order valence-corrected chi connectivity index (χ4v) is 3.37. The molecule has 0 amide bonds. The molecule has 1 aliphatic rings. The van der Waals surface area contributed by atoms with E-state index in [1.807, 2.05) is 54.6 Å². The van der Waals surface area contributed by atoms with E-state index in [1.54, 1.807) is 6.20 Å². The van der Waals surface area contributed by atoms with Crippen molar-refractivity contribution in [1.82, 2.24) is 20.3 Å². The number of para-hydroxylation sites is 1. The molecule has 3 N–H and O–H groups in total. The van der Waals surface area contributed by atoms with Crippen LogP contribution >= 0.6 is 0 Å². The first-order valence-electron chi connectivity index (χ1n) is 9.54. The summed E-state index contributed by atoms with van der Waals surface area (Å²) in [6.45, 7) is 1.68. The smallest absolute Gasteiger partial charge is 0.229 e. The Morgan fingerprint density at radius 2 is 1.72 bits per heavy atom. The van der Waals surface area contributed by atoms with Gasteiger partial charge >= 0.3 is 0 Å². The lowest BCUT2D eigenvalue weighted by molar-refractivity contribution is 0.572. The monoisotopic (exact) mass is 384 g/mol. The lowest BCUT2D eigenvalue weighted by atomic mass is 10.1. The molecule has 0 radical (unpaired) electrons. The zero-order valence-electron chi connectivity index (χ0n) is 15.7. The summed E-state index contributed by atoms with van der Waals surface area (Å²) in [4.78, 5) is 13.5. The quantitative estimate of drug-likeness (QED) is 0.474. The predicted molar refractivity (Wildman–Crippen MR) is 112 cm³/mol. The molecule has 0 spiro atoms. The maximum atomic E-state index is 5.34. The van der Waals surface area contributed by atoms with Crippen molar-refractivity contribution >= 4 is 23.1 Å². The normalized spacial score (nSPS) is 13.0. The first-order valence-corrected chi connectivity index (χ1v) is 9.54. The summed E-state index contributed by atoms with van der Waals surface area (Å²) in [5.41, 5.74) is 5.07. The van der Waals surface area contributed by atoms with Crippen LogP contribution in [0.3, 0.4) is 0 Å². The van der Waals surface area contributed by atoms with Crippen LogP contribution in [0.4, 0.5) is 23.1 Å². The second-order valence-electron chi connectivity index (χ2n) is 6.81. The van der Waals surface area contributed by atoms with Crippen molar-refractivity contribution in [2.75, 3.05) is 17.2 Å². The van der Waals surface area contributed by atoms with Gasteiger partial charge in [-0.15, -0.1) is 0 Å². The lowest BCUT2D eigenvalue weighted by Gasteiger charge is -2.21. The van der Waals surface area contributed by atoms with Gasteiger partial charge in [0.2, 0.25) is 5.95 Å². The van der Waals surface area contributed by atoms with Crippen LogP contribution in [0, 0.1) is 0 Å². The van der Waals surface area contributed by atoms with Gasteiger partial charge in [-0.3, -0.25) is 0 Å². The number of anilines is 4. The Morgan fingerprint density at radius 3 is 2.52 bits per heavy atom. The van der Waals surface area contributed by atoms with Crippen LogP contribution in [0.2, 0.25) is 0 Å². The van der Waals surface area contributed by atoms with Crippen LogP contribution in [0.15, 0.2) is 71.6 Å². The third-order valence-electron chi connectivity index (χ3n) is 4.83. The molecule has 0 bridgehead atoms. The van der Waals surface area contributed by atoms with E-state index in [0.717, 1.165) is 59.3 Å². The van der Waals surface area contributed by atoms with Crippen molar-refractivity contribution in [2.45, 2.75) is 13.0 Å². The first kappa shape index (κ1) is 17.4. The van der Waals surface area contributed by atoms with E-state index in [2.05, 4.69) is 20.9 Å². The van der Waals surface area contributed by atoms with E-state index in [1.165, 1.54) is 6.39 Å². The fraction of sp³-hybridized carbons (Fsp3) is 0.136. The van der Waals surface area contributed by atoms with Gasteiger partial charge < -0.3 is 20.4 Å². The van der Waals surface area contributed by atoms with Crippen LogP contribution in [-0.4, -0.2) is 21.5 Å². The maximum absolute atomic E-state index is 5.34. The van der Waals surface area contributed by atoms with Gasteiger partial charge in [-0.25, -0.2) is 9.97 Å². The maximum Gasteiger partial charge on any atom is 0.229 e. The Balaban J connectivity index is 1.43. The average Bonchev–Trinajstić information content (AvgIpc) is 3.30. The van der Waals surface area contributed by atoms with Crippen molar-refractivity contribution in [3.8, 4) is 11.3 Å². The summed E-state index contributed by atoms with van der Waals surface area (Å²) in [5, 5.41) is 10.2. The van der Waals surface area contributed by atoms with E-state index < -0.39 is 0 Å². The summed E-state index contributed by atoms with van der Waals surface area (Å²) in [6, 6.07) is 18.0. The Morgan fingerprint density at radius 1 is 0.897 bits per heavy atom. The molecular formula is C22H20N6O. The molecular weight excluding hydrogens is 364 g/mol. The molecule has 0 fully saturated rings.